The van der Waals surface area contributed by atoms with Gasteiger partial charge >= 0.3 is 0 Å². The summed E-state index contributed by atoms with van der Waals surface area (Å²) in [4.78, 5) is 13.1. The molecule has 5 nitrogen and oxygen atoms in total. The summed E-state index contributed by atoms with van der Waals surface area (Å²) in [5.41, 5.74) is 1.63. The van der Waals surface area contributed by atoms with Crippen molar-refractivity contribution < 1.29 is 9.53 Å². The molecule has 0 spiro atoms. The third kappa shape index (κ3) is 2.48. The van der Waals surface area contributed by atoms with E-state index >= 15 is 0 Å². The van der Waals surface area contributed by atoms with Crippen LogP contribution in [0.2, 0.25) is 0 Å². The first kappa shape index (κ1) is 11.3. The second kappa shape index (κ2) is 4.74. The second-order valence-electron chi connectivity index (χ2n) is 3.85. The molecule has 0 unspecified atom stereocenters. The van der Waals surface area contributed by atoms with E-state index in [0.717, 1.165) is 5.69 Å². The van der Waals surface area contributed by atoms with Gasteiger partial charge in [0.15, 0.2) is 6.61 Å². The van der Waals surface area contributed by atoms with E-state index in [-0.39, 0.29) is 12.5 Å². The van der Waals surface area contributed by atoms with Gasteiger partial charge in [0, 0.05) is 19.3 Å². The average Bonchev–Trinajstić information content (AvgIpc) is 2.35. The summed E-state index contributed by atoms with van der Waals surface area (Å²) >= 11 is 0. The standard InChI is InChI=1S/C12H13N3O2/c1-15(6-2-5-13)9-3-4-11-10(7-9)14-12(16)8-17-11/h3-4,7H,2,6,8H2,1H3,(H,14,16). The fourth-order valence-electron chi connectivity index (χ4n) is 1.66. The van der Waals surface area contributed by atoms with Crippen LogP contribution in [0, 0.1) is 11.3 Å². The highest BCUT2D eigenvalue weighted by molar-refractivity contribution is 5.96. The van der Waals surface area contributed by atoms with Crippen molar-refractivity contribution in [3.05, 3.63) is 18.2 Å². The Morgan fingerprint density at radius 1 is 1.59 bits per heavy atom. The fraction of sp³-hybridized carbons (Fsp3) is 0.333. The largest absolute Gasteiger partial charge is 0.482 e. The van der Waals surface area contributed by atoms with Crippen LogP contribution < -0.4 is 15.0 Å². The normalized spacial score (nSPS) is 13.1. The number of nitrogens with one attached hydrogen (secondary N) is 1. The van der Waals surface area contributed by atoms with E-state index in [4.69, 9.17) is 10.00 Å². The van der Waals surface area contributed by atoms with Gasteiger partial charge in [0.25, 0.3) is 5.91 Å². The van der Waals surface area contributed by atoms with E-state index in [1.165, 1.54) is 0 Å². The molecule has 1 aliphatic rings. The summed E-state index contributed by atoms with van der Waals surface area (Å²) in [7, 11) is 1.91. The number of amides is 1. The number of nitriles is 1. The first-order valence-corrected chi connectivity index (χ1v) is 5.35. The first-order chi connectivity index (χ1) is 8.20. The van der Waals surface area contributed by atoms with Gasteiger partial charge in [-0.3, -0.25) is 4.79 Å². The first-order valence-electron chi connectivity index (χ1n) is 5.35. The molecule has 0 fully saturated rings. The summed E-state index contributed by atoms with van der Waals surface area (Å²) in [6, 6.07) is 7.69. The number of nitrogens with zero attached hydrogens (tertiary/aromatic N) is 2. The van der Waals surface area contributed by atoms with Crippen molar-refractivity contribution in [2.75, 3.05) is 30.4 Å². The topological polar surface area (TPSA) is 65.4 Å². The molecule has 1 N–H and O–H groups in total. The number of hydrogen-bond acceptors (Lipinski definition) is 4. The number of fused-ring (bicyclic) bond motifs is 1. The van der Waals surface area contributed by atoms with Gasteiger partial charge in [0.1, 0.15) is 5.75 Å². The molecule has 0 atom stereocenters. The van der Waals surface area contributed by atoms with Crippen LogP contribution in [0.15, 0.2) is 18.2 Å². The van der Waals surface area contributed by atoms with Gasteiger partial charge in [0.2, 0.25) is 0 Å². The van der Waals surface area contributed by atoms with Crippen molar-refractivity contribution >= 4 is 17.3 Å². The molecule has 5 heteroatoms. The highest BCUT2D eigenvalue weighted by Gasteiger charge is 2.16. The maximum atomic E-state index is 11.2. The quantitative estimate of drug-likeness (QED) is 0.853. The van der Waals surface area contributed by atoms with E-state index in [1.54, 1.807) is 0 Å². The average molecular weight is 231 g/mol. The molecule has 88 valence electrons. The Morgan fingerprint density at radius 3 is 3.18 bits per heavy atom. The van der Waals surface area contributed by atoms with Crippen molar-refractivity contribution in [2.45, 2.75) is 6.42 Å². The number of carbonyl (C=O) groups is 1. The van der Waals surface area contributed by atoms with Crippen molar-refractivity contribution in [3.8, 4) is 11.8 Å². The van der Waals surface area contributed by atoms with Gasteiger partial charge in [0.05, 0.1) is 18.2 Å². The predicted octanol–water partition coefficient (Wildman–Crippen LogP) is 1.37. The summed E-state index contributed by atoms with van der Waals surface area (Å²) < 4.78 is 5.27. The number of rotatable bonds is 3. The third-order valence-electron chi connectivity index (χ3n) is 2.60. The highest BCUT2D eigenvalue weighted by Crippen LogP contribution is 2.31. The minimum atomic E-state index is -0.144. The van der Waals surface area contributed by atoms with Crippen molar-refractivity contribution in [1.29, 1.82) is 5.26 Å². The monoisotopic (exact) mass is 231 g/mol. The number of benzene rings is 1. The molecule has 17 heavy (non-hydrogen) atoms. The Kier molecular flexibility index (Phi) is 3.15. The third-order valence-corrected chi connectivity index (χ3v) is 2.60. The molecule has 0 saturated heterocycles. The van der Waals surface area contributed by atoms with E-state index < -0.39 is 0 Å². The maximum Gasteiger partial charge on any atom is 0.262 e. The summed E-state index contributed by atoms with van der Waals surface area (Å²) in [5.74, 6) is 0.538. The highest BCUT2D eigenvalue weighted by atomic mass is 16.5. The van der Waals surface area contributed by atoms with Crippen molar-refractivity contribution in [1.82, 2.24) is 0 Å². The minimum absolute atomic E-state index is 0.0661. The molecule has 1 aliphatic heterocycles. The summed E-state index contributed by atoms with van der Waals surface area (Å²) in [6.07, 6.45) is 0.469. The fourth-order valence-corrected chi connectivity index (χ4v) is 1.66. The van der Waals surface area contributed by atoms with Gasteiger partial charge in [-0.2, -0.15) is 5.26 Å². The van der Waals surface area contributed by atoms with Gasteiger partial charge in [-0.25, -0.2) is 0 Å². The van der Waals surface area contributed by atoms with Crippen LogP contribution in [-0.4, -0.2) is 26.1 Å². The molecule has 1 aromatic carbocycles. The summed E-state index contributed by atoms with van der Waals surface area (Å²) in [5, 5.41) is 11.3. The van der Waals surface area contributed by atoms with Crippen LogP contribution in [-0.2, 0) is 4.79 Å². The van der Waals surface area contributed by atoms with Crippen LogP contribution in [0.25, 0.3) is 0 Å². The van der Waals surface area contributed by atoms with Crippen LogP contribution in [0.4, 0.5) is 11.4 Å². The van der Waals surface area contributed by atoms with Crippen molar-refractivity contribution in [2.24, 2.45) is 0 Å². The minimum Gasteiger partial charge on any atom is -0.482 e. The van der Waals surface area contributed by atoms with Crippen molar-refractivity contribution in [3.63, 3.8) is 0 Å². The van der Waals surface area contributed by atoms with Crippen LogP contribution in [0.3, 0.4) is 0 Å². The second-order valence-corrected chi connectivity index (χ2v) is 3.85. The number of anilines is 2. The molecule has 0 saturated carbocycles. The lowest BCUT2D eigenvalue weighted by Gasteiger charge is -2.22. The Morgan fingerprint density at radius 2 is 2.41 bits per heavy atom. The predicted molar refractivity (Wildman–Crippen MR) is 64.1 cm³/mol. The molecule has 0 radical (unpaired) electrons. The van der Waals surface area contributed by atoms with Crippen LogP contribution in [0.1, 0.15) is 6.42 Å². The van der Waals surface area contributed by atoms with E-state index in [9.17, 15) is 4.79 Å². The lowest BCUT2D eigenvalue weighted by Crippen LogP contribution is -2.26. The van der Waals surface area contributed by atoms with Gasteiger partial charge < -0.3 is 15.0 Å². The van der Waals surface area contributed by atoms with Gasteiger partial charge in [-0.05, 0) is 18.2 Å². The Bertz CT molecular complexity index is 479. The zero-order chi connectivity index (χ0) is 12.3. The molecule has 0 aromatic heterocycles. The van der Waals surface area contributed by atoms with E-state index in [2.05, 4.69) is 11.4 Å². The Hall–Kier alpha value is -2.22. The van der Waals surface area contributed by atoms with Gasteiger partial charge in [-0.1, -0.05) is 0 Å². The lowest BCUT2D eigenvalue weighted by atomic mass is 10.2. The van der Waals surface area contributed by atoms with E-state index in [0.29, 0.717) is 24.4 Å². The Labute approximate surface area is 99.6 Å². The molecule has 0 bridgehead atoms. The van der Waals surface area contributed by atoms with Gasteiger partial charge in [-0.15, -0.1) is 0 Å². The zero-order valence-corrected chi connectivity index (χ0v) is 9.56. The molecule has 0 aliphatic carbocycles. The molecule has 1 amide bonds. The zero-order valence-electron chi connectivity index (χ0n) is 9.56. The van der Waals surface area contributed by atoms with Crippen LogP contribution in [0.5, 0.6) is 5.75 Å². The lowest BCUT2D eigenvalue weighted by molar-refractivity contribution is -0.118. The molecule has 1 heterocycles. The maximum absolute atomic E-state index is 11.2. The van der Waals surface area contributed by atoms with E-state index in [1.807, 2.05) is 30.1 Å². The van der Waals surface area contributed by atoms with Crippen LogP contribution >= 0.6 is 0 Å². The number of ether oxygens (including phenoxy) is 1. The smallest absolute Gasteiger partial charge is 0.262 e. The Balaban J connectivity index is 2.18. The SMILES string of the molecule is CN(CCC#N)c1ccc2c(c1)NC(=O)CO2. The molecular formula is C12H13N3O2. The molecule has 2 rings (SSSR count). The number of hydrogen-bond donors (Lipinski definition) is 1. The number of carbonyl (C=O) groups excluding carboxylic acids is 1. The molecule has 1 aromatic rings. The summed E-state index contributed by atoms with van der Waals surface area (Å²) in [6.45, 7) is 0.723. The molecular weight excluding hydrogens is 218 g/mol.